The lowest BCUT2D eigenvalue weighted by molar-refractivity contribution is -0.124. The first-order chi connectivity index (χ1) is 10.4. The second-order valence-corrected chi connectivity index (χ2v) is 7.18. The largest absolute Gasteiger partial charge is 0.483 e. The Morgan fingerprint density at radius 3 is 2.70 bits per heavy atom. The van der Waals surface area contributed by atoms with Crippen molar-refractivity contribution in [3.05, 3.63) is 29.8 Å². The molecule has 1 saturated heterocycles. The van der Waals surface area contributed by atoms with Gasteiger partial charge in [0.15, 0.2) is 6.61 Å². The van der Waals surface area contributed by atoms with Crippen LogP contribution >= 0.6 is 12.4 Å². The van der Waals surface area contributed by atoms with Gasteiger partial charge in [-0.15, -0.1) is 12.4 Å². The molecule has 130 valence electrons. The van der Waals surface area contributed by atoms with E-state index in [1.807, 2.05) is 18.2 Å². The molecule has 5 heteroatoms. The van der Waals surface area contributed by atoms with Crippen LogP contribution in [-0.4, -0.2) is 31.1 Å². The minimum absolute atomic E-state index is 0. The van der Waals surface area contributed by atoms with Gasteiger partial charge in [0.1, 0.15) is 5.75 Å². The van der Waals surface area contributed by atoms with E-state index in [1.165, 1.54) is 0 Å². The summed E-state index contributed by atoms with van der Waals surface area (Å²) in [6.07, 6.45) is 1.96. The van der Waals surface area contributed by atoms with Gasteiger partial charge in [-0.05, 0) is 43.4 Å². The number of carbonyl (C=O) groups is 1. The molecule has 0 aliphatic carbocycles. The van der Waals surface area contributed by atoms with E-state index in [0.29, 0.717) is 6.04 Å². The molecule has 0 aromatic heterocycles. The Bertz CT molecular complexity index is 514. The van der Waals surface area contributed by atoms with Crippen LogP contribution in [0.2, 0.25) is 0 Å². The molecule has 2 N–H and O–H groups in total. The highest BCUT2D eigenvalue weighted by atomic mass is 35.5. The molecule has 2 atom stereocenters. The van der Waals surface area contributed by atoms with E-state index in [-0.39, 0.29) is 36.4 Å². The molecule has 1 amide bonds. The fourth-order valence-electron chi connectivity index (χ4n) is 2.89. The van der Waals surface area contributed by atoms with Crippen molar-refractivity contribution in [2.45, 2.75) is 58.0 Å². The zero-order chi connectivity index (χ0) is 16.2. The third-order valence-corrected chi connectivity index (χ3v) is 4.04. The predicted molar refractivity (Wildman–Crippen MR) is 96.5 cm³/mol. The molecule has 1 aromatic carbocycles. The van der Waals surface area contributed by atoms with Crippen molar-refractivity contribution >= 4 is 18.3 Å². The van der Waals surface area contributed by atoms with Gasteiger partial charge in [0.2, 0.25) is 0 Å². The number of nitrogens with one attached hydrogen (secondary N) is 2. The van der Waals surface area contributed by atoms with Crippen molar-refractivity contribution in [3.63, 3.8) is 0 Å². The van der Waals surface area contributed by atoms with Gasteiger partial charge in [-0.25, -0.2) is 0 Å². The predicted octanol–water partition coefficient (Wildman–Crippen LogP) is 3.04. The summed E-state index contributed by atoms with van der Waals surface area (Å²) in [7, 11) is 0. The fraction of sp³-hybridized carbons (Fsp3) is 0.611. The Morgan fingerprint density at radius 2 is 2.04 bits per heavy atom. The number of para-hydroxylation sites is 1. The molecule has 0 bridgehead atoms. The maximum Gasteiger partial charge on any atom is 0.258 e. The van der Waals surface area contributed by atoms with Crippen molar-refractivity contribution in [3.8, 4) is 5.75 Å². The van der Waals surface area contributed by atoms with Crippen molar-refractivity contribution in [2.75, 3.05) is 13.2 Å². The van der Waals surface area contributed by atoms with Gasteiger partial charge in [0.05, 0.1) is 0 Å². The summed E-state index contributed by atoms with van der Waals surface area (Å²) in [5.74, 6) is 0.756. The number of halogens is 1. The van der Waals surface area contributed by atoms with Gasteiger partial charge in [-0.1, -0.05) is 39.0 Å². The molecular weight excluding hydrogens is 312 g/mol. The fourth-order valence-corrected chi connectivity index (χ4v) is 2.89. The van der Waals surface area contributed by atoms with E-state index in [1.54, 1.807) is 0 Å². The number of carbonyl (C=O) groups excluding carboxylic acids is 1. The quantitative estimate of drug-likeness (QED) is 0.885. The number of hydrogen-bond acceptors (Lipinski definition) is 3. The van der Waals surface area contributed by atoms with Crippen molar-refractivity contribution in [1.29, 1.82) is 0 Å². The molecule has 1 aliphatic rings. The highest BCUT2D eigenvalue weighted by molar-refractivity contribution is 5.85. The summed E-state index contributed by atoms with van der Waals surface area (Å²) in [6.45, 7) is 9.61. The Balaban J connectivity index is 0.00000264. The van der Waals surface area contributed by atoms with E-state index < -0.39 is 0 Å². The molecule has 2 rings (SSSR count). The van der Waals surface area contributed by atoms with Gasteiger partial charge < -0.3 is 15.4 Å². The number of rotatable bonds is 4. The monoisotopic (exact) mass is 340 g/mol. The molecule has 4 nitrogen and oxygen atoms in total. The molecule has 0 radical (unpaired) electrons. The lowest BCUT2D eigenvalue weighted by atomic mass is 9.86. The topological polar surface area (TPSA) is 50.4 Å². The molecule has 0 spiro atoms. The number of amides is 1. The first-order valence-electron chi connectivity index (χ1n) is 8.11. The van der Waals surface area contributed by atoms with E-state index in [2.05, 4.69) is 44.4 Å². The highest BCUT2D eigenvalue weighted by Gasteiger charge is 2.21. The standard InChI is InChI=1S/C18H28N2O2.ClH/c1-13-11-14(9-10-19-13)20-17(21)12-22-16-8-6-5-7-15(16)18(2,3)4;/h5-8,13-14,19H,9-12H2,1-4H3,(H,20,21);1H. The third kappa shape index (κ3) is 6.04. The summed E-state index contributed by atoms with van der Waals surface area (Å²) in [6, 6.07) is 8.65. The van der Waals surface area contributed by atoms with Crippen LogP contribution in [0.25, 0.3) is 0 Å². The van der Waals surface area contributed by atoms with Gasteiger partial charge in [-0.3, -0.25) is 4.79 Å². The second-order valence-electron chi connectivity index (χ2n) is 7.18. The van der Waals surface area contributed by atoms with Crippen LogP contribution in [0.1, 0.15) is 46.1 Å². The normalized spacial score (nSPS) is 21.2. The molecule has 23 heavy (non-hydrogen) atoms. The van der Waals surface area contributed by atoms with Crippen LogP contribution < -0.4 is 15.4 Å². The number of benzene rings is 1. The molecule has 2 unspecified atom stereocenters. The van der Waals surface area contributed by atoms with Gasteiger partial charge in [-0.2, -0.15) is 0 Å². The van der Waals surface area contributed by atoms with Gasteiger partial charge in [0, 0.05) is 12.1 Å². The van der Waals surface area contributed by atoms with Gasteiger partial charge in [0.25, 0.3) is 5.91 Å². The van der Waals surface area contributed by atoms with Crippen LogP contribution in [0.3, 0.4) is 0 Å². The van der Waals surface area contributed by atoms with E-state index in [4.69, 9.17) is 4.74 Å². The average Bonchev–Trinajstić information content (AvgIpc) is 2.44. The molecule has 0 saturated carbocycles. The molecule has 1 aromatic rings. The lowest BCUT2D eigenvalue weighted by Crippen LogP contribution is -2.47. The highest BCUT2D eigenvalue weighted by Crippen LogP contribution is 2.30. The molecule has 1 aliphatic heterocycles. The Kier molecular flexibility index (Phi) is 7.36. The zero-order valence-corrected chi connectivity index (χ0v) is 15.3. The van der Waals surface area contributed by atoms with E-state index in [9.17, 15) is 4.79 Å². The first-order valence-corrected chi connectivity index (χ1v) is 8.11. The van der Waals surface area contributed by atoms with Crippen LogP contribution in [0, 0.1) is 0 Å². The van der Waals surface area contributed by atoms with Crippen molar-refractivity contribution < 1.29 is 9.53 Å². The zero-order valence-electron chi connectivity index (χ0n) is 14.5. The van der Waals surface area contributed by atoms with Crippen molar-refractivity contribution in [1.82, 2.24) is 10.6 Å². The Morgan fingerprint density at radius 1 is 1.35 bits per heavy atom. The van der Waals surface area contributed by atoms with Crippen molar-refractivity contribution in [2.24, 2.45) is 0 Å². The number of ether oxygens (including phenoxy) is 1. The average molecular weight is 341 g/mol. The summed E-state index contributed by atoms with van der Waals surface area (Å²) < 4.78 is 5.77. The maximum atomic E-state index is 12.1. The Labute approximate surface area is 145 Å². The van der Waals surface area contributed by atoms with Crippen LogP contribution in [0.15, 0.2) is 24.3 Å². The summed E-state index contributed by atoms with van der Waals surface area (Å²) in [4.78, 5) is 12.1. The van der Waals surface area contributed by atoms with E-state index in [0.717, 1.165) is 30.7 Å². The van der Waals surface area contributed by atoms with Crippen LogP contribution in [0.4, 0.5) is 0 Å². The second kappa shape index (κ2) is 8.55. The minimum atomic E-state index is -0.0391. The molecule has 1 fully saturated rings. The molecule has 1 heterocycles. The first kappa shape index (κ1) is 19.8. The maximum absolute atomic E-state index is 12.1. The summed E-state index contributed by atoms with van der Waals surface area (Å²) in [5.41, 5.74) is 1.12. The summed E-state index contributed by atoms with van der Waals surface area (Å²) >= 11 is 0. The lowest BCUT2D eigenvalue weighted by Gasteiger charge is -2.28. The Hall–Kier alpha value is -1.26. The third-order valence-electron chi connectivity index (χ3n) is 4.04. The van der Waals surface area contributed by atoms with Gasteiger partial charge >= 0.3 is 0 Å². The summed E-state index contributed by atoms with van der Waals surface area (Å²) in [5, 5.41) is 6.46. The van der Waals surface area contributed by atoms with Crippen LogP contribution in [-0.2, 0) is 10.2 Å². The van der Waals surface area contributed by atoms with Crippen LogP contribution in [0.5, 0.6) is 5.75 Å². The molecular formula is C18H29ClN2O2. The number of hydrogen-bond donors (Lipinski definition) is 2. The minimum Gasteiger partial charge on any atom is -0.483 e. The smallest absolute Gasteiger partial charge is 0.258 e. The van der Waals surface area contributed by atoms with E-state index >= 15 is 0 Å². The SMILES string of the molecule is CC1CC(NC(=O)COc2ccccc2C(C)(C)C)CCN1.Cl. The number of piperidine rings is 1.